The van der Waals surface area contributed by atoms with E-state index in [0.717, 1.165) is 17.3 Å². The fraction of sp³-hybridized carbons (Fsp3) is 0.0400. The molecule has 0 bridgehead atoms. The van der Waals surface area contributed by atoms with Crippen molar-refractivity contribution in [1.82, 2.24) is 0 Å². The van der Waals surface area contributed by atoms with Gasteiger partial charge in [-0.2, -0.15) is 0 Å². The average molecular weight is 716 g/mol. The Labute approximate surface area is 308 Å². The molecule has 0 unspecified atom stereocenters. The summed E-state index contributed by atoms with van der Waals surface area (Å²) in [5.74, 6) is 0. The quantitative estimate of drug-likeness (QED) is 0.170. The molecule has 2 aliphatic carbocycles. The zero-order chi connectivity index (χ0) is 34.1. The van der Waals surface area contributed by atoms with Crippen LogP contribution in [0.15, 0.2) is 193 Å². The van der Waals surface area contributed by atoms with Crippen LogP contribution in [0.4, 0.5) is 0 Å². The van der Waals surface area contributed by atoms with Crippen LogP contribution >= 0.6 is 15.9 Å². The van der Waals surface area contributed by atoms with Crippen molar-refractivity contribution >= 4 is 15.9 Å². The number of hydrogen-bond donors (Lipinski definition) is 0. The highest BCUT2D eigenvalue weighted by atomic mass is 79.9. The van der Waals surface area contributed by atoms with Crippen molar-refractivity contribution in [2.45, 2.75) is 12.8 Å². The van der Waals surface area contributed by atoms with E-state index in [1.54, 1.807) is 0 Å². The van der Waals surface area contributed by atoms with Crippen LogP contribution in [0.5, 0.6) is 0 Å². The van der Waals surface area contributed by atoms with Gasteiger partial charge in [-0.05, 0) is 138 Å². The van der Waals surface area contributed by atoms with Crippen molar-refractivity contribution in [3.8, 4) is 66.8 Å². The molecule has 0 saturated heterocycles. The van der Waals surface area contributed by atoms with Gasteiger partial charge in [-0.1, -0.05) is 168 Å². The molecule has 8 aromatic carbocycles. The zero-order valence-electron chi connectivity index (χ0n) is 28.2. The lowest BCUT2D eigenvalue weighted by molar-refractivity contribution is 1.26. The molecule has 0 aliphatic heterocycles. The summed E-state index contributed by atoms with van der Waals surface area (Å²) in [7, 11) is 0. The van der Waals surface area contributed by atoms with E-state index in [1.165, 1.54) is 89.0 Å². The predicted molar refractivity (Wildman–Crippen MR) is 219 cm³/mol. The topological polar surface area (TPSA) is 0 Å². The summed E-state index contributed by atoms with van der Waals surface area (Å²) in [5.41, 5.74) is 21.6. The van der Waals surface area contributed by atoms with Gasteiger partial charge in [-0.3, -0.25) is 0 Å². The molecule has 242 valence electrons. The molecule has 0 nitrogen and oxygen atoms in total. The van der Waals surface area contributed by atoms with E-state index in [4.69, 9.17) is 0 Å². The van der Waals surface area contributed by atoms with Gasteiger partial charge in [0.25, 0.3) is 0 Å². The van der Waals surface area contributed by atoms with E-state index in [2.05, 4.69) is 204 Å². The Hall–Kier alpha value is -5.76. The summed E-state index contributed by atoms with van der Waals surface area (Å²) in [6.45, 7) is 0. The van der Waals surface area contributed by atoms with Crippen molar-refractivity contribution in [3.05, 3.63) is 215 Å². The van der Waals surface area contributed by atoms with Crippen molar-refractivity contribution in [3.63, 3.8) is 0 Å². The van der Waals surface area contributed by atoms with Crippen LogP contribution in [0.1, 0.15) is 22.3 Å². The molecule has 0 aromatic heterocycles. The zero-order valence-corrected chi connectivity index (χ0v) is 29.8. The highest BCUT2D eigenvalue weighted by Crippen LogP contribution is 2.46. The van der Waals surface area contributed by atoms with Crippen LogP contribution in [-0.2, 0) is 12.8 Å². The molecule has 0 N–H and O–H groups in total. The summed E-state index contributed by atoms with van der Waals surface area (Å²) in [6, 6.07) is 67.7. The van der Waals surface area contributed by atoms with Crippen molar-refractivity contribution in [2.24, 2.45) is 0 Å². The van der Waals surface area contributed by atoms with E-state index in [0.29, 0.717) is 0 Å². The molecule has 8 aromatic rings. The Bertz CT molecular complexity index is 2500. The normalized spacial score (nSPS) is 11.9. The molecule has 0 atom stereocenters. The first-order chi connectivity index (χ1) is 25.2. The lowest BCUT2D eigenvalue weighted by atomic mass is 9.91. The van der Waals surface area contributed by atoms with E-state index < -0.39 is 0 Å². The molecule has 0 saturated carbocycles. The maximum atomic E-state index is 3.64. The van der Waals surface area contributed by atoms with Gasteiger partial charge in [0, 0.05) is 4.47 Å². The van der Waals surface area contributed by atoms with Crippen LogP contribution in [0, 0.1) is 0 Å². The average Bonchev–Trinajstić information content (AvgIpc) is 3.77. The minimum absolute atomic E-state index is 0.997. The molecule has 1 heteroatoms. The molecule has 10 rings (SSSR count). The van der Waals surface area contributed by atoms with Gasteiger partial charge >= 0.3 is 0 Å². The monoisotopic (exact) mass is 714 g/mol. The van der Waals surface area contributed by atoms with Crippen LogP contribution < -0.4 is 0 Å². The molecular weight excluding hydrogens is 680 g/mol. The van der Waals surface area contributed by atoms with Gasteiger partial charge in [0.15, 0.2) is 0 Å². The van der Waals surface area contributed by atoms with Crippen LogP contribution in [0.2, 0.25) is 0 Å². The first-order valence-corrected chi connectivity index (χ1v) is 18.4. The minimum Gasteiger partial charge on any atom is -0.0622 e. The van der Waals surface area contributed by atoms with Crippen molar-refractivity contribution < 1.29 is 0 Å². The molecule has 0 spiro atoms. The van der Waals surface area contributed by atoms with E-state index in [9.17, 15) is 0 Å². The second kappa shape index (κ2) is 13.5. The fourth-order valence-electron chi connectivity index (χ4n) is 7.82. The third-order valence-electron chi connectivity index (χ3n) is 10.3. The lowest BCUT2D eigenvalue weighted by Gasteiger charge is -2.13. The van der Waals surface area contributed by atoms with Crippen molar-refractivity contribution in [2.75, 3.05) is 0 Å². The van der Waals surface area contributed by atoms with Gasteiger partial charge in [-0.15, -0.1) is 0 Å². The van der Waals surface area contributed by atoms with Gasteiger partial charge in [-0.25, -0.2) is 0 Å². The first kappa shape index (κ1) is 31.2. The van der Waals surface area contributed by atoms with Crippen molar-refractivity contribution in [1.29, 1.82) is 0 Å². The number of fused-ring (bicyclic) bond motifs is 6. The summed E-state index contributed by atoms with van der Waals surface area (Å²) in [5, 5.41) is 0. The maximum Gasteiger partial charge on any atom is 0.0181 e. The highest BCUT2D eigenvalue weighted by Gasteiger charge is 2.24. The number of halogens is 1. The summed E-state index contributed by atoms with van der Waals surface area (Å²) in [4.78, 5) is 0. The van der Waals surface area contributed by atoms with Crippen LogP contribution in [0.3, 0.4) is 0 Å². The Kier molecular flexibility index (Phi) is 8.28. The Balaban J connectivity index is 0.000000137. The number of rotatable bonds is 4. The van der Waals surface area contributed by atoms with Gasteiger partial charge in [0.2, 0.25) is 0 Å². The maximum absolute atomic E-state index is 3.64. The van der Waals surface area contributed by atoms with Gasteiger partial charge in [0.05, 0.1) is 0 Å². The third kappa shape index (κ3) is 6.05. The number of benzene rings is 8. The summed E-state index contributed by atoms with van der Waals surface area (Å²) < 4.78 is 1.13. The molecule has 0 radical (unpaired) electrons. The van der Waals surface area contributed by atoms with E-state index in [-0.39, 0.29) is 0 Å². The second-order valence-corrected chi connectivity index (χ2v) is 14.3. The first-order valence-electron chi connectivity index (χ1n) is 17.6. The fourth-order valence-corrected chi connectivity index (χ4v) is 8.18. The largest absolute Gasteiger partial charge is 0.0622 e. The summed E-state index contributed by atoms with van der Waals surface area (Å²) >= 11 is 3.64. The standard InChI is InChI=1S/C25H17Br.C25H18/c26-21-12-11-19-13-24-22(18-9-5-2-6-10-18)14-20(15-25(24)23(19)16-21)17-7-3-1-4-8-17;1-3-9-18(10-4-1)21-16-23(19-11-5-2-6-12-19)25-15-20-13-7-8-14-22(20)24(25)17-21/h1-12,14-16H,13H2;1-14,16-17H,15H2. The molecule has 2 aliphatic rings. The number of hydrogen-bond acceptors (Lipinski definition) is 0. The van der Waals surface area contributed by atoms with Gasteiger partial charge < -0.3 is 0 Å². The van der Waals surface area contributed by atoms with Crippen LogP contribution in [-0.4, -0.2) is 0 Å². The predicted octanol–water partition coefficient (Wildman–Crippen LogP) is 13.9. The second-order valence-electron chi connectivity index (χ2n) is 13.4. The lowest BCUT2D eigenvalue weighted by Crippen LogP contribution is -1.90. The third-order valence-corrected chi connectivity index (χ3v) is 10.8. The molecule has 0 amide bonds. The minimum atomic E-state index is 0.997. The molecular formula is C50H35Br. The Morgan fingerprint density at radius 3 is 1.18 bits per heavy atom. The highest BCUT2D eigenvalue weighted by molar-refractivity contribution is 9.10. The summed E-state index contributed by atoms with van der Waals surface area (Å²) in [6.07, 6.45) is 2.02. The Morgan fingerprint density at radius 1 is 0.275 bits per heavy atom. The van der Waals surface area contributed by atoms with Crippen LogP contribution in [0.25, 0.3) is 66.8 Å². The molecule has 51 heavy (non-hydrogen) atoms. The molecule has 0 fully saturated rings. The SMILES string of the molecule is Brc1ccc2c(c1)-c1cc(-c3ccccc3)cc(-c3ccccc3)c1C2.c1ccc(-c2cc(-c3ccccc3)c3c(c2)-c2ccccc2C3)cc1. The van der Waals surface area contributed by atoms with E-state index in [1.807, 2.05) is 0 Å². The van der Waals surface area contributed by atoms with E-state index >= 15 is 0 Å². The molecule has 0 heterocycles. The Morgan fingerprint density at radius 2 is 0.667 bits per heavy atom. The smallest absolute Gasteiger partial charge is 0.0181 e. The van der Waals surface area contributed by atoms with Gasteiger partial charge in [0.1, 0.15) is 0 Å².